The summed E-state index contributed by atoms with van der Waals surface area (Å²) in [5.41, 5.74) is 0. The number of rotatable bonds is 3. The summed E-state index contributed by atoms with van der Waals surface area (Å²) in [5.74, 6) is -0.448. The van der Waals surface area contributed by atoms with Gasteiger partial charge in [0.25, 0.3) is 0 Å². The molecule has 1 aliphatic rings. The van der Waals surface area contributed by atoms with Gasteiger partial charge in [0.05, 0.1) is 12.0 Å². The van der Waals surface area contributed by atoms with Crippen molar-refractivity contribution in [2.75, 3.05) is 6.61 Å². The van der Waals surface area contributed by atoms with Gasteiger partial charge >= 0.3 is 5.95 Å². The first-order valence-corrected chi connectivity index (χ1v) is 5.25. The second-order valence-corrected chi connectivity index (χ2v) is 4.08. The molecule has 0 aliphatic carbocycles. The monoisotopic (exact) mass is 263 g/mol. The van der Waals surface area contributed by atoms with Gasteiger partial charge in [0, 0.05) is 0 Å². The van der Waals surface area contributed by atoms with E-state index in [-0.39, 0.29) is 6.61 Å². The number of alkyl halides is 1. The molecule has 1 fully saturated rings. The van der Waals surface area contributed by atoms with E-state index in [1.165, 1.54) is 12.4 Å². The molecule has 17 heavy (non-hydrogen) atoms. The third kappa shape index (κ3) is 2.00. The zero-order chi connectivity index (χ0) is 12.6. The molecule has 8 nitrogen and oxygen atoms in total. The van der Waals surface area contributed by atoms with Crippen LogP contribution in [0.5, 0.6) is 0 Å². The Morgan fingerprint density at radius 3 is 2.94 bits per heavy atom. The maximum absolute atomic E-state index is 10.7. The topological polar surface area (TPSA) is 111 Å². The lowest BCUT2D eigenvalue weighted by molar-refractivity contribution is -0.398. The Morgan fingerprint density at radius 1 is 1.71 bits per heavy atom. The summed E-state index contributed by atoms with van der Waals surface area (Å²) in [6.45, 7) is -0.371. The van der Waals surface area contributed by atoms with Crippen LogP contribution in [0.3, 0.4) is 0 Å². The molecule has 2 heterocycles. The second kappa shape index (κ2) is 4.57. The van der Waals surface area contributed by atoms with E-state index in [1.54, 1.807) is 0 Å². The van der Waals surface area contributed by atoms with Gasteiger partial charge in [-0.25, -0.2) is 0 Å². The van der Waals surface area contributed by atoms with Crippen molar-refractivity contribution in [1.29, 1.82) is 0 Å². The molecule has 9 heteroatoms. The number of hydrogen-bond donors (Lipinski definition) is 2. The lowest BCUT2D eigenvalue weighted by atomic mass is 10.2. The minimum Gasteiger partial charge on any atom is -0.394 e. The van der Waals surface area contributed by atoms with Crippen molar-refractivity contribution in [2.24, 2.45) is 0 Å². The van der Waals surface area contributed by atoms with Crippen LogP contribution in [0, 0.1) is 10.1 Å². The van der Waals surface area contributed by atoms with Crippen LogP contribution in [0.25, 0.3) is 0 Å². The van der Waals surface area contributed by atoms with Crippen LogP contribution in [0.4, 0.5) is 5.95 Å². The summed E-state index contributed by atoms with van der Waals surface area (Å²) in [6.07, 6.45) is -0.392. The van der Waals surface area contributed by atoms with Gasteiger partial charge in [-0.2, -0.15) is 4.57 Å². The van der Waals surface area contributed by atoms with E-state index in [4.69, 9.17) is 21.4 Å². The number of halogens is 1. The maximum Gasteiger partial charge on any atom is 0.436 e. The molecular formula is C8H10ClN3O5. The van der Waals surface area contributed by atoms with Gasteiger partial charge in [0.15, 0.2) is 0 Å². The lowest BCUT2D eigenvalue weighted by Crippen LogP contribution is -2.28. The number of imidazole rings is 1. The van der Waals surface area contributed by atoms with E-state index >= 15 is 0 Å². The van der Waals surface area contributed by atoms with Gasteiger partial charge in [0.1, 0.15) is 24.6 Å². The van der Waals surface area contributed by atoms with Crippen molar-refractivity contribution in [3.8, 4) is 0 Å². The molecule has 2 rings (SSSR count). The largest absolute Gasteiger partial charge is 0.436 e. The average molecular weight is 264 g/mol. The summed E-state index contributed by atoms with van der Waals surface area (Å²) in [6, 6.07) is 0. The first kappa shape index (κ1) is 12.2. The molecule has 0 aromatic carbocycles. The predicted octanol–water partition coefficient (Wildman–Crippen LogP) is -0.351. The number of aromatic nitrogens is 2. The molecule has 1 aliphatic heterocycles. The fourth-order valence-electron chi connectivity index (χ4n) is 1.73. The van der Waals surface area contributed by atoms with E-state index in [0.29, 0.717) is 0 Å². The van der Waals surface area contributed by atoms with Gasteiger partial charge < -0.3 is 25.1 Å². The Kier molecular flexibility index (Phi) is 3.29. The summed E-state index contributed by atoms with van der Waals surface area (Å²) < 4.78 is 6.34. The van der Waals surface area contributed by atoms with E-state index in [0.717, 1.165) is 4.57 Å². The fraction of sp³-hybridized carbons (Fsp3) is 0.625. The van der Waals surface area contributed by atoms with Crippen LogP contribution in [0.15, 0.2) is 12.4 Å². The van der Waals surface area contributed by atoms with E-state index in [2.05, 4.69) is 4.98 Å². The SMILES string of the molecule is O=[N+]([O-])c1nccn1[C@@H]1O[C@H](CO)[C@@H](Cl)[C@H]1O. The minimum atomic E-state index is -1.15. The third-order valence-electron chi connectivity index (χ3n) is 2.55. The van der Waals surface area contributed by atoms with Crippen molar-refractivity contribution in [3.05, 3.63) is 22.5 Å². The van der Waals surface area contributed by atoms with E-state index in [1.807, 2.05) is 0 Å². The van der Waals surface area contributed by atoms with Crippen molar-refractivity contribution in [3.63, 3.8) is 0 Å². The van der Waals surface area contributed by atoms with Crippen molar-refractivity contribution < 1.29 is 19.9 Å². The quantitative estimate of drug-likeness (QED) is 0.438. The van der Waals surface area contributed by atoms with Crippen LogP contribution >= 0.6 is 11.6 Å². The molecule has 0 unspecified atom stereocenters. The Morgan fingerprint density at radius 2 is 2.41 bits per heavy atom. The summed E-state index contributed by atoms with van der Waals surface area (Å²) in [4.78, 5) is 13.5. The molecule has 0 spiro atoms. The smallest absolute Gasteiger partial charge is 0.394 e. The van der Waals surface area contributed by atoms with Crippen molar-refractivity contribution in [1.82, 2.24) is 9.55 Å². The summed E-state index contributed by atoms with van der Waals surface area (Å²) in [7, 11) is 0. The van der Waals surface area contributed by atoms with Gasteiger partial charge in [-0.3, -0.25) is 0 Å². The molecule has 0 saturated carbocycles. The van der Waals surface area contributed by atoms with Crippen LogP contribution in [0.1, 0.15) is 6.23 Å². The third-order valence-corrected chi connectivity index (χ3v) is 3.09. The Balaban J connectivity index is 2.29. The molecule has 0 bridgehead atoms. The first-order valence-electron chi connectivity index (χ1n) is 4.82. The first-order chi connectivity index (χ1) is 8.06. The highest BCUT2D eigenvalue weighted by atomic mass is 35.5. The summed E-state index contributed by atoms with van der Waals surface area (Å²) >= 11 is 5.83. The van der Waals surface area contributed by atoms with Crippen LogP contribution in [-0.2, 0) is 4.74 Å². The highest BCUT2D eigenvalue weighted by molar-refractivity contribution is 6.21. The van der Waals surface area contributed by atoms with Gasteiger partial charge in [-0.1, -0.05) is 4.98 Å². The number of aliphatic hydroxyl groups excluding tert-OH is 2. The molecular weight excluding hydrogens is 254 g/mol. The molecule has 1 aromatic heterocycles. The molecule has 94 valence electrons. The zero-order valence-corrected chi connectivity index (χ0v) is 9.27. The predicted molar refractivity (Wildman–Crippen MR) is 55.5 cm³/mol. The standard InChI is InChI=1S/C8H10ClN3O5/c9-5-4(3-13)17-7(6(5)14)11-2-1-10-8(11)12(15)16/h1-2,4-7,13-14H,3H2/t4-,5-,6-,7-/m1/s1. The van der Waals surface area contributed by atoms with Crippen LogP contribution in [0.2, 0.25) is 0 Å². The highest BCUT2D eigenvalue weighted by Crippen LogP contribution is 2.34. The lowest BCUT2D eigenvalue weighted by Gasteiger charge is -2.13. The molecule has 0 amide bonds. The van der Waals surface area contributed by atoms with Crippen molar-refractivity contribution in [2.45, 2.75) is 23.8 Å². The zero-order valence-electron chi connectivity index (χ0n) is 8.51. The molecule has 0 radical (unpaired) electrons. The number of nitro groups is 1. The highest BCUT2D eigenvalue weighted by Gasteiger charge is 2.46. The second-order valence-electron chi connectivity index (χ2n) is 3.57. The number of nitrogens with zero attached hydrogens (tertiary/aromatic N) is 3. The Hall–Kier alpha value is -1.22. The number of ether oxygens (including phenoxy) is 1. The van der Waals surface area contributed by atoms with E-state index in [9.17, 15) is 15.2 Å². The minimum absolute atomic E-state index is 0.371. The molecule has 4 atom stereocenters. The summed E-state index contributed by atoms with van der Waals surface area (Å²) in [5, 5.41) is 28.6. The fourth-order valence-corrected chi connectivity index (χ4v) is 1.99. The Labute approximate surface area is 101 Å². The van der Waals surface area contributed by atoms with Crippen LogP contribution < -0.4 is 0 Å². The molecule has 2 N–H and O–H groups in total. The Bertz CT molecular complexity index is 425. The maximum atomic E-state index is 10.7. The average Bonchev–Trinajstić information content (AvgIpc) is 2.86. The normalized spacial score (nSPS) is 32.9. The van der Waals surface area contributed by atoms with Gasteiger partial charge in [-0.05, 0) is 4.92 Å². The molecule has 1 saturated heterocycles. The van der Waals surface area contributed by atoms with Gasteiger partial charge in [-0.15, -0.1) is 11.6 Å². The molecule has 1 aromatic rings. The van der Waals surface area contributed by atoms with Crippen LogP contribution in [-0.4, -0.2) is 48.9 Å². The van der Waals surface area contributed by atoms with E-state index < -0.39 is 34.7 Å². The van der Waals surface area contributed by atoms with Crippen molar-refractivity contribution >= 4 is 17.5 Å². The number of aliphatic hydroxyl groups is 2. The van der Waals surface area contributed by atoms with Gasteiger partial charge in [0.2, 0.25) is 6.23 Å². The number of hydrogen-bond acceptors (Lipinski definition) is 6.